The number of ether oxygens (including phenoxy) is 2. The van der Waals surface area contributed by atoms with Gasteiger partial charge in [-0.1, -0.05) is 0 Å². The summed E-state index contributed by atoms with van der Waals surface area (Å²) in [4.78, 5) is 7.92. The van der Waals surface area contributed by atoms with Crippen molar-refractivity contribution in [2.45, 2.75) is 4.90 Å². The van der Waals surface area contributed by atoms with Crippen LogP contribution in [0.15, 0.2) is 78.0 Å². The second kappa shape index (κ2) is 9.63. The molecule has 5 aromatic rings. The molecule has 0 saturated carbocycles. The highest BCUT2D eigenvalue weighted by Crippen LogP contribution is 2.33. The van der Waals surface area contributed by atoms with Crippen LogP contribution in [0.1, 0.15) is 0 Å². The Balaban J connectivity index is 1.57. The number of sulfonamides is 1. The number of halogens is 2. The van der Waals surface area contributed by atoms with E-state index in [9.17, 15) is 17.2 Å². The Morgan fingerprint density at radius 3 is 2.34 bits per heavy atom. The van der Waals surface area contributed by atoms with Crippen LogP contribution < -0.4 is 19.9 Å². The lowest BCUT2D eigenvalue weighted by molar-refractivity contribution is 0.400. The summed E-state index contributed by atoms with van der Waals surface area (Å²) in [6.45, 7) is 0. The number of aromatic nitrogens is 3. The number of nitrogen functional groups attached to an aromatic ring is 1. The molecule has 0 spiro atoms. The summed E-state index contributed by atoms with van der Waals surface area (Å²) >= 11 is 0. The van der Waals surface area contributed by atoms with Crippen molar-refractivity contribution in [1.82, 2.24) is 14.4 Å². The van der Waals surface area contributed by atoms with Gasteiger partial charge in [-0.2, -0.15) is 0 Å². The third kappa shape index (κ3) is 4.57. The quantitative estimate of drug-likeness (QED) is 0.308. The van der Waals surface area contributed by atoms with E-state index in [1.165, 1.54) is 19.4 Å². The lowest BCUT2D eigenvalue weighted by Crippen LogP contribution is -2.15. The molecule has 0 aliphatic carbocycles. The molecule has 12 heteroatoms. The van der Waals surface area contributed by atoms with E-state index in [-0.39, 0.29) is 11.6 Å². The van der Waals surface area contributed by atoms with Gasteiger partial charge in [-0.15, -0.1) is 0 Å². The van der Waals surface area contributed by atoms with E-state index in [0.717, 1.165) is 17.7 Å². The van der Waals surface area contributed by atoms with Gasteiger partial charge in [0, 0.05) is 35.2 Å². The lowest BCUT2D eigenvalue weighted by atomic mass is 10.1. The minimum atomic E-state index is -4.43. The fraction of sp³-hybridized carbons (Fsp3) is 0.0769. The summed E-state index contributed by atoms with van der Waals surface area (Å²) in [7, 11) is -1.53. The molecule has 194 valence electrons. The molecule has 0 saturated heterocycles. The number of benzene rings is 2. The molecule has 3 aromatic heterocycles. The number of nitrogens with two attached hydrogens (primary N) is 1. The highest BCUT2D eigenvalue weighted by molar-refractivity contribution is 7.92. The van der Waals surface area contributed by atoms with Crippen molar-refractivity contribution in [2.75, 3.05) is 24.7 Å². The Kier molecular flexibility index (Phi) is 6.33. The molecule has 0 aliphatic heterocycles. The summed E-state index contributed by atoms with van der Waals surface area (Å²) < 4.78 is 67.8. The number of anilines is 2. The van der Waals surface area contributed by atoms with Gasteiger partial charge in [-0.3, -0.25) is 9.12 Å². The maximum atomic E-state index is 14.2. The predicted octanol–water partition coefficient (Wildman–Crippen LogP) is 4.74. The molecular formula is C26H21F2N5O4S. The minimum absolute atomic E-state index is 0.0330. The van der Waals surface area contributed by atoms with Gasteiger partial charge in [0.2, 0.25) is 5.88 Å². The first-order chi connectivity index (χ1) is 18.2. The zero-order chi connectivity index (χ0) is 27.0. The number of methoxy groups -OCH3 is 2. The summed E-state index contributed by atoms with van der Waals surface area (Å²) in [5.41, 5.74) is 9.47. The van der Waals surface area contributed by atoms with Crippen LogP contribution in [0.3, 0.4) is 0 Å². The SMILES string of the molecule is COc1ccc(-c2c(N)nc3ccc(-c4cnc(OC)c(NS(=O)(=O)c5ccc(F)cc5F)c4)cn23)cc1. The van der Waals surface area contributed by atoms with Gasteiger partial charge in [0.05, 0.1) is 19.9 Å². The van der Waals surface area contributed by atoms with Crippen molar-refractivity contribution < 1.29 is 26.7 Å². The Hall–Kier alpha value is -4.71. The van der Waals surface area contributed by atoms with Crippen LogP contribution in [0.5, 0.6) is 11.6 Å². The number of imidazole rings is 1. The molecule has 9 nitrogen and oxygen atoms in total. The number of rotatable bonds is 7. The van der Waals surface area contributed by atoms with E-state index in [4.69, 9.17) is 15.2 Å². The van der Waals surface area contributed by atoms with Crippen LogP contribution in [0.4, 0.5) is 20.3 Å². The maximum Gasteiger partial charge on any atom is 0.264 e. The molecule has 0 atom stereocenters. The molecule has 38 heavy (non-hydrogen) atoms. The Bertz CT molecular complexity index is 1770. The first-order valence-corrected chi connectivity index (χ1v) is 12.6. The molecule has 3 N–H and O–H groups in total. The van der Waals surface area contributed by atoms with Crippen molar-refractivity contribution >= 4 is 27.2 Å². The second-order valence-corrected chi connectivity index (χ2v) is 9.83. The van der Waals surface area contributed by atoms with Crippen molar-refractivity contribution in [3.8, 4) is 34.0 Å². The summed E-state index contributed by atoms with van der Waals surface area (Å²) in [6, 6.07) is 14.6. The maximum absolute atomic E-state index is 14.2. The first-order valence-electron chi connectivity index (χ1n) is 11.1. The molecule has 0 unspecified atom stereocenters. The van der Waals surface area contributed by atoms with Gasteiger partial charge in [-0.05, 0) is 54.6 Å². The summed E-state index contributed by atoms with van der Waals surface area (Å²) in [5.74, 6) is -1.13. The molecule has 3 heterocycles. The molecular weight excluding hydrogens is 516 g/mol. The van der Waals surface area contributed by atoms with E-state index < -0.39 is 26.6 Å². The molecule has 0 radical (unpaired) electrons. The van der Waals surface area contributed by atoms with Gasteiger partial charge in [0.1, 0.15) is 33.6 Å². The standard InChI is InChI=1S/C26H21F2N5O4S/c1-36-19-7-3-15(4-8-19)24-25(29)31-23-10-5-16(14-33(23)24)17-11-21(26(37-2)30-13-17)32-38(34,35)22-9-6-18(27)12-20(22)28/h3-14,32H,29H2,1-2H3. The van der Waals surface area contributed by atoms with Crippen LogP contribution in [0, 0.1) is 11.6 Å². The van der Waals surface area contributed by atoms with Crippen LogP contribution in [-0.2, 0) is 10.0 Å². The highest BCUT2D eigenvalue weighted by atomic mass is 32.2. The largest absolute Gasteiger partial charge is 0.497 e. The Morgan fingerprint density at radius 2 is 1.66 bits per heavy atom. The van der Waals surface area contributed by atoms with Gasteiger partial charge in [0.25, 0.3) is 10.0 Å². The van der Waals surface area contributed by atoms with Crippen LogP contribution in [0.25, 0.3) is 28.0 Å². The van der Waals surface area contributed by atoms with Gasteiger partial charge >= 0.3 is 0 Å². The van der Waals surface area contributed by atoms with Crippen molar-refractivity contribution in [3.05, 3.63) is 84.7 Å². The average Bonchev–Trinajstić information content (AvgIpc) is 3.23. The highest BCUT2D eigenvalue weighted by Gasteiger charge is 2.22. The molecule has 0 aliphatic rings. The van der Waals surface area contributed by atoms with Crippen LogP contribution in [-0.4, -0.2) is 37.0 Å². The van der Waals surface area contributed by atoms with Gasteiger partial charge < -0.3 is 15.2 Å². The molecule has 2 aromatic carbocycles. The number of hydrogen-bond donors (Lipinski definition) is 2. The number of nitrogens with one attached hydrogen (secondary N) is 1. The third-order valence-corrected chi connectivity index (χ3v) is 7.21. The van der Waals surface area contributed by atoms with E-state index in [2.05, 4.69) is 14.7 Å². The number of hydrogen-bond acceptors (Lipinski definition) is 7. The van der Waals surface area contributed by atoms with Gasteiger partial charge in [-0.25, -0.2) is 27.2 Å². The Morgan fingerprint density at radius 1 is 0.921 bits per heavy atom. The second-order valence-electron chi connectivity index (χ2n) is 8.18. The van der Waals surface area contributed by atoms with E-state index >= 15 is 0 Å². The van der Waals surface area contributed by atoms with E-state index in [0.29, 0.717) is 40.1 Å². The van der Waals surface area contributed by atoms with Crippen LogP contribution >= 0.6 is 0 Å². The smallest absolute Gasteiger partial charge is 0.264 e. The van der Waals surface area contributed by atoms with Gasteiger partial charge in [0.15, 0.2) is 5.82 Å². The van der Waals surface area contributed by atoms with E-state index in [1.54, 1.807) is 25.4 Å². The first kappa shape index (κ1) is 25.0. The number of nitrogens with zero attached hydrogens (tertiary/aromatic N) is 3. The van der Waals surface area contributed by atoms with Crippen molar-refractivity contribution in [1.29, 1.82) is 0 Å². The van der Waals surface area contributed by atoms with Crippen molar-refractivity contribution in [3.63, 3.8) is 0 Å². The predicted molar refractivity (Wildman–Crippen MR) is 139 cm³/mol. The Labute approximate surface area is 216 Å². The average molecular weight is 538 g/mol. The molecule has 0 fully saturated rings. The van der Waals surface area contributed by atoms with Crippen LogP contribution in [0.2, 0.25) is 0 Å². The third-order valence-electron chi connectivity index (χ3n) is 5.81. The zero-order valence-electron chi connectivity index (χ0n) is 20.1. The summed E-state index contributed by atoms with van der Waals surface area (Å²) in [6.07, 6.45) is 3.29. The number of pyridine rings is 2. The lowest BCUT2D eigenvalue weighted by Gasteiger charge is -2.13. The minimum Gasteiger partial charge on any atom is -0.497 e. The summed E-state index contributed by atoms with van der Waals surface area (Å²) in [5, 5.41) is 0. The molecule has 5 rings (SSSR count). The zero-order valence-corrected chi connectivity index (χ0v) is 21.0. The fourth-order valence-corrected chi connectivity index (χ4v) is 5.12. The fourth-order valence-electron chi connectivity index (χ4n) is 4.01. The normalized spacial score (nSPS) is 11.5. The monoisotopic (exact) mass is 537 g/mol. The number of fused-ring (bicyclic) bond motifs is 1. The molecule has 0 bridgehead atoms. The topological polar surface area (TPSA) is 121 Å². The van der Waals surface area contributed by atoms with Crippen molar-refractivity contribution in [2.24, 2.45) is 0 Å². The van der Waals surface area contributed by atoms with E-state index in [1.807, 2.05) is 28.7 Å². The molecule has 0 amide bonds.